The Morgan fingerprint density at radius 2 is 2.07 bits per heavy atom. The lowest BCUT2D eigenvalue weighted by Gasteiger charge is -2.10. The third kappa shape index (κ3) is 3.72. The van der Waals surface area contributed by atoms with Gasteiger partial charge in [0.25, 0.3) is 0 Å². The molecule has 0 fully saturated rings. The highest BCUT2D eigenvalue weighted by Gasteiger charge is 2.00. The molecule has 0 aliphatic rings. The van der Waals surface area contributed by atoms with Crippen LogP contribution >= 0.6 is 11.9 Å². The molecule has 1 aromatic rings. The van der Waals surface area contributed by atoms with E-state index in [1.165, 1.54) is 16.9 Å². The number of hydrogen-bond acceptors (Lipinski definition) is 2. The van der Waals surface area contributed by atoms with E-state index in [0.717, 1.165) is 12.5 Å². The molecule has 0 heterocycles. The van der Waals surface area contributed by atoms with E-state index in [4.69, 9.17) is 0 Å². The summed E-state index contributed by atoms with van der Waals surface area (Å²) in [5, 5.41) is 0. The van der Waals surface area contributed by atoms with Gasteiger partial charge < -0.3 is 0 Å². The van der Waals surface area contributed by atoms with Crippen molar-refractivity contribution < 1.29 is 0 Å². The lowest BCUT2D eigenvalue weighted by molar-refractivity contribution is 0.559. The van der Waals surface area contributed by atoms with Gasteiger partial charge in [0.1, 0.15) is 0 Å². The lowest BCUT2D eigenvalue weighted by atomic mass is 10.1. The quantitative estimate of drug-likeness (QED) is 0.743. The number of benzene rings is 1. The van der Waals surface area contributed by atoms with E-state index in [1.54, 1.807) is 11.9 Å². The first-order valence-electron chi connectivity index (χ1n) is 5.19. The molecule has 1 rings (SSSR count). The van der Waals surface area contributed by atoms with Gasteiger partial charge in [0.2, 0.25) is 0 Å². The molecule has 14 heavy (non-hydrogen) atoms. The summed E-state index contributed by atoms with van der Waals surface area (Å²) in [6.45, 7) is 7.72. The maximum atomic E-state index is 3.41. The van der Waals surface area contributed by atoms with Gasteiger partial charge in [-0.15, -0.1) is 0 Å². The van der Waals surface area contributed by atoms with Gasteiger partial charge in [0.15, 0.2) is 0 Å². The maximum Gasteiger partial charge on any atom is 0.0257 e. The van der Waals surface area contributed by atoms with Gasteiger partial charge in [0, 0.05) is 11.4 Å². The fourth-order valence-corrected chi connectivity index (χ4v) is 1.98. The summed E-state index contributed by atoms with van der Waals surface area (Å²) in [5.74, 6) is 0.756. The first kappa shape index (κ1) is 11.6. The molecule has 0 saturated heterocycles. The molecule has 1 atom stereocenters. The topological polar surface area (TPSA) is 12.0 Å². The van der Waals surface area contributed by atoms with Crippen molar-refractivity contribution in [3.8, 4) is 0 Å². The Kier molecular flexibility index (Phi) is 5.05. The summed E-state index contributed by atoms with van der Waals surface area (Å²) in [6.07, 6.45) is 1.24. The van der Waals surface area contributed by atoms with Gasteiger partial charge in [0.05, 0.1) is 0 Å². The molecule has 0 aliphatic carbocycles. The number of aryl methyl sites for hydroxylation is 1. The second kappa shape index (κ2) is 6.10. The van der Waals surface area contributed by atoms with Crippen molar-refractivity contribution in [3.63, 3.8) is 0 Å². The summed E-state index contributed by atoms with van der Waals surface area (Å²) in [6, 6.07) is 8.46. The monoisotopic (exact) mass is 209 g/mol. The van der Waals surface area contributed by atoms with Crippen molar-refractivity contribution in [2.24, 2.45) is 5.92 Å². The highest BCUT2D eigenvalue weighted by atomic mass is 32.2. The molecule has 1 unspecified atom stereocenters. The predicted molar refractivity (Wildman–Crippen MR) is 64.5 cm³/mol. The van der Waals surface area contributed by atoms with Crippen LogP contribution in [0.5, 0.6) is 0 Å². The van der Waals surface area contributed by atoms with E-state index in [0.29, 0.717) is 0 Å². The standard InChI is InChI=1S/C12H19NS/c1-4-10(2)9-13-14-12-8-6-5-7-11(12)3/h5-8,10,13H,4,9H2,1-3H3. The maximum absolute atomic E-state index is 3.41. The number of rotatable bonds is 5. The van der Waals surface area contributed by atoms with Crippen molar-refractivity contribution >= 4 is 11.9 Å². The van der Waals surface area contributed by atoms with Crippen LogP contribution in [0.15, 0.2) is 29.2 Å². The van der Waals surface area contributed by atoms with Gasteiger partial charge in [-0.25, -0.2) is 0 Å². The molecule has 0 aliphatic heterocycles. The average Bonchev–Trinajstić information content (AvgIpc) is 2.20. The van der Waals surface area contributed by atoms with E-state index in [9.17, 15) is 0 Å². The summed E-state index contributed by atoms with van der Waals surface area (Å²) in [7, 11) is 0. The normalized spacial score (nSPS) is 12.8. The summed E-state index contributed by atoms with van der Waals surface area (Å²) >= 11 is 1.74. The third-order valence-electron chi connectivity index (χ3n) is 2.40. The minimum absolute atomic E-state index is 0.756. The molecule has 0 bridgehead atoms. The van der Waals surface area contributed by atoms with Crippen molar-refractivity contribution in [1.82, 2.24) is 4.72 Å². The molecule has 0 amide bonds. The van der Waals surface area contributed by atoms with Gasteiger partial charge >= 0.3 is 0 Å². The number of nitrogens with one attached hydrogen (secondary N) is 1. The van der Waals surface area contributed by atoms with Crippen LogP contribution in [0.25, 0.3) is 0 Å². The summed E-state index contributed by atoms with van der Waals surface area (Å²) < 4.78 is 3.41. The molecule has 1 nitrogen and oxygen atoms in total. The number of hydrogen-bond donors (Lipinski definition) is 1. The minimum atomic E-state index is 0.756. The van der Waals surface area contributed by atoms with Crippen LogP contribution in [-0.4, -0.2) is 6.54 Å². The van der Waals surface area contributed by atoms with Crippen LogP contribution in [0.3, 0.4) is 0 Å². The molecule has 2 heteroatoms. The Balaban J connectivity index is 2.35. The van der Waals surface area contributed by atoms with Gasteiger partial charge in [-0.1, -0.05) is 38.5 Å². The van der Waals surface area contributed by atoms with Crippen molar-refractivity contribution in [3.05, 3.63) is 29.8 Å². The Hall–Kier alpha value is -0.470. The van der Waals surface area contributed by atoms with Crippen molar-refractivity contribution in [2.75, 3.05) is 6.54 Å². The van der Waals surface area contributed by atoms with Crippen LogP contribution in [0, 0.1) is 12.8 Å². The Morgan fingerprint density at radius 1 is 1.36 bits per heavy atom. The van der Waals surface area contributed by atoms with Crippen LogP contribution in [-0.2, 0) is 0 Å². The third-order valence-corrected chi connectivity index (χ3v) is 3.39. The van der Waals surface area contributed by atoms with E-state index in [1.807, 2.05) is 0 Å². The highest BCUT2D eigenvalue weighted by Crippen LogP contribution is 2.18. The van der Waals surface area contributed by atoms with E-state index < -0.39 is 0 Å². The molecule has 0 spiro atoms. The molecular weight excluding hydrogens is 190 g/mol. The smallest absolute Gasteiger partial charge is 0.0257 e. The predicted octanol–water partition coefficient (Wildman–Crippen LogP) is 3.64. The van der Waals surface area contributed by atoms with Crippen LogP contribution in [0.4, 0.5) is 0 Å². The fraction of sp³-hybridized carbons (Fsp3) is 0.500. The molecule has 1 aromatic carbocycles. The lowest BCUT2D eigenvalue weighted by Crippen LogP contribution is -2.13. The largest absolute Gasteiger partial charge is 0.260 e. The second-order valence-electron chi connectivity index (χ2n) is 3.73. The van der Waals surface area contributed by atoms with Gasteiger partial charge in [-0.05, 0) is 36.4 Å². The molecule has 1 N–H and O–H groups in total. The van der Waals surface area contributed by atoms with E-state index >= 15 is 0 Å². The van der Waals surface area contributed by atoms with Gasteiger partial charge in [-0.2, -0.15) is 0 Å². The first-order chi connectivity index (χ1) is 6.74. The average molecular weight is 209 g/mol. The fourth-order valence-electron chi connectivity index (χ4n) is 1.08. The van der Waals surface area contributed by atoms with Crippen LogP contribution in [0.2, 0.25) is 0 Å². The van der Waals surface area contributed by atoms with E-state index in [-0.39, 0.29) is 0 Å². The van der Waals surface area contributed by atoms with E-state index in [2.05, 4.69) is 49.8 Å². The first-order valence-corrected chi connectivity index (χ1v) is 6.01. The molecular formula is C12H19NS. The zero-order valence-corrected chi connectivity index (χ0v) is 10.0. The second-order valence-corrected chi connectivity index (χ2v) is 4.66. The Morgan fingerprint density at radius 3 is 2.71 bits per heavy atom. The highest BCUT2D eigenvalue weighted by molar-refractivity contribution is 7.97. The SMILES string of the molecule is CCC(C)CNSc1ccccc1C. The zero-order valence-electron chi connectivity index (χ0n) is 9.21. The molecule has 0 radical (unpaired) electrons. The van der Waals surface area contributed by atoms with Gasteiger partial charge in [-0.3, -0.25) is 4.72 Å². The minimum Gasteiger partial charge on any atom is -0.260 e. The van der Waals surface area contributed by atoms with Crippen molar-refractivity contribution in [1.29, 1.82) is 0 Å². The molecule has 0 saturated carbocycles. The summed E-state index contributed by atoms with van der Waals surface area (Å²) in [5.41, 5.74) is 1.34. The molecule has 0 aromatic heterocycles. The van der Waals surface area contributed by atoms with Crippen LogP contribution < -0.4 is 4.72 Å². The van der Waals surface area contributed by atoms with Crippen LogP contribution in [0.1, 0.15) is 25.8 Å². The Bertz CT molecular complexity index is 273. The van der Waals surface area contributed by atoms with Crippen molar-refractivity contribution in [2.45, 2.75) is 32.1 Å². The zero-order chi connectivity index (χ0) is 10.4. The molecule has 78 valence electrons. The summed E-state index contributed by atoms with van der Waals surface area (Å²) in [4.78, 5) is 1.33. The Labute approximate surface area is 91.4 Å².